The SMILES string of the molecule is CC(C)O.[I-].[K+]. The van der Waals surface area contributed by atoms with Gasteiger partial charge < -0.3 is 29.1 Å². The van der Waals surface area contributed by atoms with Gasteiger partial charge in [0, 0.05) is 6.10 Å². The first-order valence-corrected chi connectivity index (χ1v) is 1.41. The van der Waals surface area contributed by atoms with Crippen LogP contribution in [-0.2, 0) is 0 Å². The van der Waals surface area contributed by atoms with Gasteiger partial charge in [-0.2, -0.15) is 0 Å². The van der Waals surface area contributed by atoms with Crippen molar-refractivity contribution in [3.05, 3.63) is 0 Å². The van der Waals surface area contributed by atoms with Crippen LogP contribution in [-0.4, -0.2) is 11.2 Å². The van der Waals surface area contributed by atoms with Crippen molar-refractivity contribution >= 4 is 0 Å². The third kappa shape index (κ3) is 33.2. The average Bonchev–Trinajstić information content (AvgIpc) is 0.811. The molecule has 3 heteroatoms. The van der Waals surface area contributed by atoms with Crippen molar-refractivity contribution in [2.24, 2.45) is 0 Å². The van der Waals surface area contributed by atoms with E-state index in [1.54, 1.807) is 13.8 Å². The molecular weight excluding hydrogens is 218 g/mol. The Bertz CT molecular complexity index is 15.5. The Kier molecular flexibility index (Phi) is 27.1. The van der Waals surface area contributed by atoms with E-state index >= 15 is 0 Å². The molecule has 0 saturated heterocycles. The van der Waals surface area contributed by atoms with Crippen LogP contribution in [0.5, 0.6) is 0 Å². The molecule has 0 aliphatic rings. The fraction of sp³-hybridized carbons (Fsp3) is 1.00. The van der Waals surface area contributed by atoms with Crippen molar-refractivity contribution in [3.8, 4) is 0 Å². The summed E-state index contributed by atoms with van der Waals surface area (Å²) in [5.41, 5.74) is 0. The average molecular weight is 226 g/mol. The number of aliphatic hydroxyl groups is 1. The fourth-order valence-electron chi connectivity index (χ4n) is 0. The number of aliphatic hydroxyl groups excluding tert-OH is 1. The maximum absolute atomic E-state index is 8.06. The first kappa shape index (κ1) is 15.8. The topological polar surface area (TPSA) is 20.2 Å². The minimum Gasteiger partial charge on any atom is -1.00 e. The Morgan fingerprint density at radius 1 is 1.33 bits per heavy atom. The van der Waals surface area contributed by atoms with Crippen LogP contribution in [0.25, 0.3) is 0 Å². The molecular formula is C3H8IKO. The van der Waals surface area contributed by atoms with Gasteiger partial charge in [-0.25, -0.2) is 0 Å². The predicted molar refractivity (Wildman–Crippen MR) is 17.4 cm³/mol. The Morgan fingerprint density at radius 2 is 1.33 bits per heavy atom. The van der Waals surface area contributed by atoms with Gasteiger partial charge in [0.15, 0.2) is 0 Å². The van der Waals surface area contributed by atoms with Crippen LogP contribution in [0, 0.1) is 0 Å². The zero-order valence-corrected chi connectivity index (χ0v) is 9.68. The molecule has 0 aromatic carbocycles. The summed E-state index contributed by atoms with van der Waals surface area (Å²) in [5, 5.41) is 8.06. The van der Waals surface area contributed by atoms with Gasteiger partial charge in [0.25, 0.3) is 0 Å². The van der Waals surface area contributed by atoms with Crippen molar-refractivity contribution in [2.75, 3.05) is 0 Å². The molecule has 1 nitrogen and oxygen atoms in total. The maximum atomic E-state index is 8.06. The Hall–Kier alpha value is 2.33. The normalized spacial score (nSPS) is 6.00. The van der Waals surface area contributed by atoms with E-state index in [-0.39, 0.29) is 81.5 Å². The van der Waals surface area contributed by atoms with Gasteiger partial charge in [0.1, 0.15) is 0 Å². The summed E-state index contributed by atoms with van der Waals surface area (Å²) in [6.07, 6.45) is -0.167. The van der Waals surface area contributed by atoms with Crippen LogP contribution < -0.4 is 75.4 Å². The van der Waals surface area contributed by atoms with Gasteiger partial charge >= 0.3 is 51.4 Å². The summed E-state index contributed by atoms with van der Waals surface area (Å²) >= 11 is 0. The summed E-state index contributed by atoms with van der Waals surface area (Å²) in [7, 11) is 0. The fourth-order valence-corrected chi connectivity index (χ4v) is 0. The van der Waals surface area contributed by atoms with Crippen LogP contribution in [0.2, 0.25) is 0 Å². The van der Waals surface area contributed by atoms with Gasteiger partial charge in [-0.15, -0.1) is 0 Å². The minimum atomic E-state index is -0.167. The first-order chi connectivity index (χ1) is 1.73. The molecule has 0 radical (unpaired) electrons. The zero-order valence-electron chi connectivity index (χ0n) is 4.40. The Morgan fingerprint density at radius 3 is 1.33 bits per heavy atom. The monoisotopic (exact) mass is 226 g/mol. The van der Waals surface area contributed by atoms with Gasteiger partial charge in [-0.05, 0) is 13.8 Å². The summed E-state index contributed by atoms with van der Waals surface area (Å²) < 4.78 is 0. The summed E-state index contributed by atoms with van der Waals surface area (Å²) in [6.45, 7) is 3.44. The molecule has 0 fully saturated rings. The zero-order chi connectivity index (χ0) is 3.58. The van der Waals surface area contributed by atoms with Crippen LogP contribution in [0.1, 0.15) is 13.8 Å². The minimum absolute atomic E-state index is 0. The summed E-state index contributed by atoms with van der Waals surface area (Å²) in [6, 6.07) is 0. The first-order valence-electron chi connectivity index (χ1n) is 1.41. The molecule has 0 bridgehead atoms. The van der Waals surface area contributed by atoms with Crippen molar-refractivity contribution in [2.45, 2.75) is 20.0 Å². The predicted octanol–water partition coefficient (Wildman–Crippen LogP) is -5.60. The molecule has 0 unspecified atom stereocenters. The second-order valence-electron chi connectivity index (χ2n) is 1.09. The molecule has 0 aliphatic carbocycles. The maximum Gasteiger partial charge on any atom is 1.00 e. The van der Waals surface area contributed by atoms with Gasteiger partial charge in [0.05, 0.1) is 0 Å². The molecule has 0 amide bonds. The van der Waals surface area contributed by atoms with Crippen LogP contribution >= 0.6 is 0 Å². The van der Waals surface area contributed by atoms with E-state index < -0.39 is 0 Å². The molecule has 0 atom stereocenters. The smallest absolute Gasteiger partial charge is 1.00 e. The molecule has 0 saturated carbocycles. The van der Waals surface area contributed by atoms with E-state index in [0.717, 1.165) is 0 Å². The third-order valence-corrected chi connectivity index (χ3v) is 0. The van der Waals surface area contributed by atoms with E-state index in [1.807, 2.05) is 0 Å². The van der Waals surface area contributed by atoms with E-state index in [9.17, 15) is 0 Å². The quantitative estimate of drug-likeness (QED) is 0.322. The van der Waals surface area contributed by atoms with Gasteiger partial charge in [-0.3, -0.25) is 0 Å². The summed E-state index contributed by atoms with van der Waals surface area (Å²) in [5.74, 6) is 0. The second kappa shape index (κ2) is 10.3. The van der Waals surface area contributed by atoms with Crippen molar-refractivity contribution < 1.29 is 80.5 Å². The molecule has 0 aliphatic heterocycles. The van der Waals surface area contributed by atoms with Crippen molar-refractivity contribution in [1.82, 2.24) is 0 Å². The molecule has 1 N–H and O–H groups in total. The molecule has 0 aromatic heterocycles. The molecule has 0 heterocycles. The Labute approximate surface area is 98.3 Å². The number of rotatable bonds is 0. The standard InChI is InChI=1S/C3H8O.HI.K/c1-3(2)4;;/h3-4H,1-2H3;1H;/q;;+1/p-1. The number of halogens is 1. The van der Waals surface area contributed by atoms with E-state index in [4.69, 9.17) is 5.11 Å². The number of hydrogen-bond donors (Lipinski definition) is 1. The van der Waals surface area contributed by atoms with Crippen molar-refractivity contribution in [3.63, 3.8) is 0 Å². The van der Waals surface area contributed by atoms with Crippen molar-refractivity contribution in [1.29, 1.82) is 0 Å². The van der Waals surface area contributed by atoms with Crippen LogP contribution in [0.3, 0.4) is 0 Å². The Balaban J connectivity index is -0.0000000450. The van der Waals surface area contributed by atoms with E-state index in [1.165, 1.54) is 0 Å². The molecule has 0 rings (SSSR count). The van der Waals surface area contributed by atoms with Crippen LogP contribution in [0.4, 0.5) is 0 Å². The molecule has 6 heavy (non-hydrogen) atoms. The largest absolute Gasteiger partial charge is 1.00 e. The van der Waals surface area contributed by atoms with Crippen LogP contribution in [0.15, 0.2) is 0 Å². The molecule has 34 valence electrons. The van der Waals surface area contributed by atoms with E-state index in [2.05, 4.69) is 0 Å². The molecule has 0 aromatic rings. The summed E-state index contributed by atoms with van der Waals surface area (Å²) in [4.78, 5) is 0. The number of hydrogen-bond acceptors (Lipinski definition) is 1. The third-order valence-electron chi connectivity index (χ3n) is 0. The second-order valence-corrected chi connectivity index (χ2v) is 1.09. The molecule has 0 spiro atoms. The van der Waals surface area contributed by atoms with E-state index in [0.29, 0.717) is 0 Å². The van der Waals surface area contributed by atoms with Gasteiger partial charge in [-0.1, -0.05) is 0 Å². The van der Waals surface area contributed by atoms with Gasteiger partial charge in [0.2, 0.25) is 0 Å².